The Balaban J connectivity index is 1.29. The topological polar surface area (TPSA) is 119 Å². The van der Waals surface area contributed by atoms with Crippen molar-refractivity contribution in [3.8, 4) is 5.75 Å². The van der Waals surface area contributed by atoms with Crippen molar-refractivity contribution in [2.75, 3.05) is 18.1 Å². The van der Waals surface area contributed by atoms with E-state index in [0.717, 1.165) is 32.1 Å². The first kappa shape index (κ1) is 19.4. The van der Waals surface area contributed by atoms with Crippen molar-refractivity contribution in [1.82, 2.24) is 0 Å². The fraction of sp³-hybridized carbons (Fsp3) is 0.591. The van der Waals surface area contributed by atoms with Crippen molar-refractivity contribution in [1.29, 1.82) is 0 Å². The molecule has 4 saturated carbocycles. The van der Waals surface area contributed by atoms with Crippen LogP contribution in [0.25, 0.3) is 0 Å². The van der Waals surface area contributed by atoms with E-state index in [1.54, 1.807) is 24.3 Å². The Hall–Kier alpha value is -2.61. The SMILES string of the molecule is NC(=O)C1CN(C(=O)COC(=O)C23CC4CC(CC(O)(C4)C2)C3)c2ccccc2O1. The number of fused-ring (bicyclic) bond motifs is 1. The number of esters is 1. The molecule has 1 aromatic carbocycles. The summed E-state index contributed by atoms with van der Waals surface area (Å²) in [5, 5.41) is 10.8. The van der Waals surface area contributed by atoms with Crippen molar-refractivity contribution in [3.05, 3.63) is 24.3 Å². The molecule has 4 fully saturated rings. The van der Waals surface area contributed by atoms with Crippen molar-refractivity contribution < 1.29 is 29.0 Å². The van der Waals surface area contributed by atoms with Crippen LogP contribution in [0.3, 0.4) is 0 Å². The summed E-state index contributed by atoms with van der Waals surface area (Å²) in [6.07, 6.45) is 3.50. The van der Waals surface area contributed by atoms with Crippen LogP contribution in [0.1, 0.15) is 38.5 Å². The molecule has 6 rings (SSSR count). The number of rotatable bonds is 4. The van der Waals surface area contributed by atoms with Crippen molar-refractivity contribution >= 4 is 23.5 Å². The number of amides is 2. The second-order valence-corrected chi connectivity index (χ2v) is 9.52. The Bertz CT molecular complexity index is 901. The zero-order valence-electron chi connectivity index (χ0n) is 16.7. The second kappa shape index (κ2) is 6.70. The third kappa shape index (κ3) is 3.14. The van der Waals surface area contributed by atoms with Crippen LogP contribution in [0.4, 0.5) is 5.69 Å². The Morgan fingerprint density at radius 2 is 1.87 bits per heavy atom. The number of hydrogen-bond donors (Lipinski definition) is 2. The molecular formula is C22H26N2O6. The molecule has 1 aliphatic heterocycles. The van der Waals surface area contributed by atoms with Gasteiger partial charge in [-0.25, -0.2) is 0 Å². The zero-order chi connectivity index (χ0) is 21.1. The van der Waals surface area contributed by atoms with E-state index in [2.05, 4.69) is 0 Å². The molecule has 0 aromatic heterocycles. The first-order valence-electron chi connectivity index (χ1n) is 10.5. The number of anilines is 1. The van der Waals surface area contributed by atoms with Gasteiger partial charge in [0, 0.05) is 0 Å². The lowest BCUT2D eigenvalue weighted by molar-refractivity contribution is -0.196. The van der Waals surface area contributed by atoms with Gasteiger partial charge in [-0.15, -0.1) is 0 Å². The Kier molecular flexibility index (Phi) is 4.32. The number of nitrogens with two attached hydrogens (primary N) is 1. The fourth-order valence-electron chi connectivity index (χ4n) is 6.43. The van der Waals surface area contributed by atoms with Gasteiger partial charge in [-0.1, -0.05) is 12.1 Å². The molecule has 2 amide bonds. The molecule has 30 heavy (non-hydrogen) atoms. The molecule has 4 bridgehead atoms. The van der Waals surface area contributed by atoms with E-state index in [4.69, 9.17) is 15.2 Å². The molecule has 3 atom stereocenters. The van der Waals surface area contributed by atoms with Crippen LogP contribution in [0.15, 0.2) is 24.3 Å². The molecule has 5 aliphatic rings. The normalized spacial score (nSPS) is 36.0. The third-order valence-electron chi connectivity index (χ3n) is 7.18. The van der Waals surface area contributed by atoms with Gasteiger partial charge < -0.3 is 25.2 Å². The fourth-order valence-corrected chi connectivity index (χ4v) is 6.43. The number of primary amides is 1. The van der Waals surface area contributed by atoms with E-state index in [0.29, 0.717) is 29.7 Å². The van der Waals surface area contributed by atoms with Crippen LogP contribution in [0.5, 0.6) is 5.75 Å². The summed E-state index contributed by atoms with van der Waals surface area (Å²) in [4.78, 5) is 39.0. The lowest BCUT2D eigenvalue weighted by Crippen LogP contribution is -2.58. The number of nitrogens with zero attached hydrogens (tertiary/aromatic N) is 1. The molecule has 160 valence electrons. The summed E-state index contributed by atoms with van der Waals surface area (Å²) >= 11 is 0. The highest BCUT2D eigenvalue weighted by molar-refractivity contribution is 5.98. The maximum atomic E-state index is 13.0. The quantitative estimate of drug-likeness (QED) is 0.713. The van der Waals surface area contributed by atoms with Crippen molar-refractivity contribution in [2.45, 2.75) is 50.2 Å². The van der Waals surface area contributed by atoms with E-state index in [9.17, 15) is 19.5 Å². The van der Waals surface area contributed by atoms with Crippen LogP contribution in [0, 0.1) is 17.3 Å². The van der Waals surface area contributed by atoms with Gasteiger partial charge in [-0.05, 0) is 62.5 Å². The molecule has 8 nitrogen and oxygen atoms in total. The largest absolute Gasteiger partial charge is 0.477 e. The van der Waals surface area contributed by atoms with Gasteiger partial charge in [-0.3, -0.25) is 14.4 Å². The lowest BCUT2D eigenvalue weighted by atomic mass is 9.48. The number of para-hydroxylation sites is 2. The molecule has 0 saturated heterocycles. The summed E-state index contributed by atoms with van der Waals surface area (Å²) in [7, 11) is 0. The Morgan fingerprint density at radius 1 is 1.17 bits per heavy atom. The number of benzene rings is 1. The van der Waals surface area contributed by atoms with Crippen LogP contribution < -0.4 is 15.4 Å². The first-order valence-corrected chi connectivity index (χ1v) is 10.5. The molecular weight excluding hydrogens is 388 g/mol. The minimum Gasteiger partial charge on any atom is -0.477 e. The maximum absolute atomic E-state index is 13.0. The van der Waals surface area contributed by atoms with Crippen molar-refractivity contribution in [3.63, 3.8) is 0 Å². The highest BCUT2D eigenvalue weighted by atomic mass is 16.5. The molecule has 0 radical (unpaired) electrons. The van der Waals surface area contributed by atoms with E-state index < -0.39 is 41.5 Å². The molecule has 1 aromatic rings. The summed E-state index contributed by atoms with van der Waals surface area (Å²) in [6.45, 7) is -0.452. The van der Waals surface area contributed by atoms with Crippen LogP contribution >= 0.6 is 0 Å². The molecule has 8 heteroatoms. The van der Waals surface area contributed by atoms with Gasteiger partial charge in [0.15, 0.2) is 12.7 Å². The van der Waals surface area contributed by atoms with E-state index in [1.165, 1.54) is 4.90 Å². The first-order chi connectivity index (χ1) is 14.3. The summed E-state index contributed by atoms with van der Waals surface area (Å²) < 4.78 is 11.1. The van der Waals surface area contributed by atoms with Gasteiger partial charge in [0.1, 0.15) is 5.75 Å². The average Bonchev–Trinajstić information content (AvgIpc) is 2.69. The lowest BCUT2D eigenvalue weighted by Gasteiger charge is -2.58. The molecule has 3 N–H and O–H groups in total. The molecule has 1 heterocycles. The summed E-state index contributed by atoms with van der Waals surface area (Å²) in [5.74, 6) is -0.411. The van der Waals surface area contributed by atoms with Gasteiger partial charge in [0.2, 0.25) is 0 Å². The standard InChI is InChI=1S/C22H26N2O6/c23-19(26)17-10-24(15-3-1-2-4-16(15)30-17)18(25)11-29-20(27)21-6-13-5-14(7-21)9-22(28,8-13)12-21/h1-4,13-14,17,28H,5-12H2,(H2,23,26). The number of aliphatic hydroxyl groups is 1. The van der Waals surface area contributed by atoms with Crippen LogP contribution in [-0.4, -0.2) is 47.7 Å². The van der Waals surface area contributed by atoms with Gasteiger partial charge in [0.05, 0.1) is 23.2 Å². The number of carbonyl (C=O) groups is 3. The van der Waals surface area contributed by atoms with E-state index in [-0.39, 0.29) is 6.54 Å². The highest BCUT2D eigenvalue weighted by Gasteiger charge is 2.61. The molecule has 4 aliphatic carbocycles. The third-order valence-corrected chi connectivity index (χ3v) is 7.18. The maximum Gasteiger partial charge on any atom is 0.312 e. The summed E-state index contributed by atoms with van der Waals surface area (Å²) in [5.41, 5.74) is 4.44. The molecule has 0 spiro atoms. The highest BCUT2D eigenvalue weighted by Crippen LogP contribution is 2.62. The smallest absolute Gasteiger partial charge is 0.312 e. The van der Waals surface area contributed by atoms with E-state index >= 15 is 0 Å². The van der Waals surface area contributed by atoms with Crippen molar-refractivity contribution in [2.24, 2.45) is 23.0 Å². The predicted octanol–water partition coefficient (Wildman–Crippen LogP) is 1.14. The van der Waals surface area contributed by atoms with Crippen LogP contribution in [-0.2, 0) is 19.1 Å². The summed E-state index contributed by atoms with van der Waals surface area (Å²) in [6, 6.07) is 6.87. The monoisotopic (exact) mass is 414 g/mol. The number of ether oxygens (including phenoxy) is 2. The van der Waals surface area contributed by atoms with Gasteiger partial charge >= 0.3 is 5.97 Å². The average molecular weight is 414 g/mol. The van der Waals surface area contributed by atoms with Gasteiger partial charge in [0.25, 0.3) is 11.8 Å². The Morgan fingerprint density at radius 3 is 2.53 bits per heavy atom. The predicted molar refractivity (Wildman–Crippen MR) is 105 cm³/mol. The van der Waals surface area contributed by atoms with Crippen LogP contribution in [0.2, 0.25) is 0 Å². The number of carbonyl (C=O) groups excluding carboxylic acids is 3. The molecule has 3 unspecified atom stereocenters. The number of hydrogen-bond acceptors (Lipinski definition) is 6. The second-order valence-electron chi connectivity index (χ2n) is 9.52. The minimum absolute atomic E-state index is 0.0300. The van der Waals surface area contributed by atoms with E-state index in [1.807, 2.05) is 0 Å². The Labute approximate surface area is 174 Å². The zero-order valence-corrected chi connectivity index (χ0v) is 16.7. The minimum atomic E-state index is -0.961. The van der Waals surface area contributed by atoms with Gasteiger partial charge in [-0.2, -0.15) is 0 Å².